The van der Waals surface area contributed by atoms with E-state index < -0.39 is 0 Å². The number of hydrogen-bond donors (Lipinski definition) is 0. The predicted octanol–water partition coefficient (Wildman–Crippen LogP) is 5.39. The molecule has 0 aliphatic rings. The second-order valence-corrected chi connectivity index (χ2v) is 6.53. The van der Waals surface area contributed by atoms with Gasteiger partial charge in [0, 0.05) is 11.8 Å². The highest BCUT2D eigenvalue weighted by Gasteiger charge is 2.21. The van der Waals surface area contributed by atoms with Gasteiger partial charge in [-0.1, -0.05) is 66.7 Å². The zero-order chi connectivity index (χ0) is 18.6. The monoisotopic (exact) mass is 352 g/mol. The van der Waals surface area contributed by atoms with E-state index in [1.54, 1.807) is 11.1 Å². The molecule has 0 radical (unpaired) electrons. The summed E-state index contributed by atoms with van der Waals surface area (Å²) in [7, 11) is 0. The van der Waals surface area contributed by atoms with Gasteiger partial charge in [0.05, 0.1) is 6.54 Å². The molecule has 3 aromatic carbocycles. The van der Waals surface area contributed by atoms with Crippen LogP contribution in [-0.2, 0) is 6.54 Å². The summed E-state index contributed by atoms with van der Waals surface area (Å²) in [6, 6.07) is 27.8. The summed E-state index contributed by atoms with van der Waals surface area (Å²) in [5, 5.41) is 2.32. The second kappa shape index (κ2) is 7.42. The Bertz CT molecular complexity index is 1080. The van der Waals surface area contributed by atoms with Crippen LogP contribution in [0.5, 0.6) is 0 Å². The van der Waals surface area contributed by atoms with Crippen molar-refractivity contribution in [3.05, 3.63) is 108 Å². The van der Waals surface area contributed by atoms with E-state index in [9.17, 15) is 4.79 Å². The fourth-order valence-corrected chi connectivity index (χ4v) is 3.33. The van der Waals surface area contributed by atoms with Crippen molar-refractivity contribution in [2.24, 2.45) is 0 Å². The molecule has 1 aromatic heterocycles. The molecule has 0 saturated carbocycles. The van der Waals surface area contributed by atoms with Crippen LogP contribution >= 0.6 is 0 Å². The largest absolute Gasteiger partial charge is 0.288 e. The number of rotatable bonds is 4. The van der Waals surface area contributed by atoms with Crippen LogP contribution in [0.3, 0.4) is 0 Å². The highest BCUT2D eigenvalue weighted by Crippen LogP contribution is 2.24. The highest BCUT2D eigenvalue weighted by atomic mass is 16.2. The zero-order valence-electron chi connectivity index (χ0n) is 15.2. The number of hydrogen-bond acceptors (Lipinski definition) is 2. The summed E-state index contributed by atoms with van der Waals surface area (Å²) in [5.74, 6) is 0.610. The Kier molecular flexibility index (Phi) is 4.67. The molecule has 0 aliphatic heterocycles. The van der Waals surface area contributed by atoms with Gasteiger partial charge in [-0.2, -0.15) is 0 Å². The molecule has 0 fully saturated rings. The average Bonchev–Trinajstić information content (AvgIpc) is 2.72. The van der Waals surface area contributed by atoms with Crippen LogP contribution in [0.2, 0.25) is 0 Å². The predicted molar refractivity (Wildman–Crippen MR) is 110 cm³/mol. The van der Waals surface area contributed by atoms with E-state index in [-0.39, 0.29) is 5.91 Å². The van der Waals surface area contributed by atoms with Gasteiger partial charge < -0.3 is 0 Å². The molecule has 0 aliphatic carbocycles. The van der Waals surface area contributed by atoms with Gasteiger partial charge in [0.15, 0.2) is 0 Å². The van der Waals surface area contributed by atoms with E-state index in [4.69, 9.17) is 0 Å². The van der Waals surface area contributed by atoms with Crippen molar-refractivity contribution >= 4 is 22.5 Å². The van der Waals surface area contributed by atoms with Gasteiger partial charge >= 0.3 is 0 Å². The number of carbonyl (C=O) groups excluding carboxylic acids is 1. The molecule has 4 rings (SSSR count). The summed E-state index contributed by atoms with van der Waals surface area (Å²) in [6.45, 7) is 2.42. The van der Waals surface area contributed by atoms with E-state index in [0.29, 0.717) is 17.9 Å². The Hall–Kier alpha value is -3.46. The van der Waals surface area contributed by atoms with Gasteiger partial charge in [-0.05, 0) is 47.0 Å². The lowest BCUT2D eigenvalue weighted by Gasteiger charge is -2.23. The normalized spacial score (nSPS) is 10.7. The third kappa shape index (κ3) is 3.44. The van der Waals surface area contributed by atoms with E-state index >= 15 is 0 Å². The SMILES string of the molecule is Cc1ccccc1C(=O)N(Cc1cccc2ccccc12)c1ccccn1. The van der Waals surface area contributed by atoms with Crippen molar-refractivity contribution in [1.82, 2.24) is 4.98 Å². The Morgan fingerprint density at radius 2 is 1.59 bits per heavy atom. The van der Waals surface area contributed by atoms with E-state index in [1.807, 2.05) is 67.6 Å². The first-order valence-electron chi connectivity index (χ1n) is 8.99. The van der Waals surface area contributed by atoms with Crippen molar-refractivity contribution in [1.29, 1.82) is 0 Å². The molecule has 3 heteroatoms. The van der Waals surface area contributed by atoms with Gasteiger partial charge in [0.1, 0.15) is 5.82 Å². The molecule has 4 aromatic rings. The zero-order valence-corrected chi connectivity index (χ0v) is 15.2. The maximum atomic E-state index is 13.4. The van der Waals surface area contributed by atoms with Crippen molar-refractivity contribution in [3.63, 3.8) is 0 Å². The number of fused-ring (bicyclic) bond motifs is 1. The van der Waals surface area contributed by atoms with Crippen LogP contribution in [0, 0.1) is 6.92 Å². The Morgan fingerprint density at radius 1 is 0.852 bits per heavy atom. The summed E-state index contributed by atoms with van der Waals surface area (Å²) in [4.78, 5) is 19.6. The highest BCUT2D eigenvalue weighted by molar-refractivity contribution is 6.06. The third-order valence-electron chi connectivity index (χ3n) is 4.75. The van der Waals surface area contributed by atoms with Crippen molar-refractivity contribution < 1.29 is 4.79 Å². The van der Waals surface area contributed by atoms with Gasteiger partial charge in [-0.3, -0.25) is 9.69 Å². The van der Waals surface area contributed by atoms with Gasteiger partial charge in [-0.15, -0.1) is 0 Å². The molecular weight excluding hydrogens is 332 g/mol. The van der Waals surface area contributed by atoms with Crippen LogP contribution in [0.1, 0.15) is 21.5 Å². The summed E-state index contributed by atoms with van der Waals surface area (Å²) < 4.78 is 0. The number of amides is 1. The minimum absolute atomic E-state index is 0.0419. The fourth-order valence-electron chi connectivity index (χ4n) is 3.33. The Labute approximate surface area is 158 Å². The first kappa shape index (κ1) is 17.0. The van der Waals surface area contributed by atoms with E-state index in [2.05, 4.69) is 29.2 Å². The molecule has 0 unspecified atom stereocenters. The molecule has 1 amide bonds. The lowest BCUT2D eigenvalue weighted by molar-refractivity contribution is 0.0984. The summed E-state index contributed by atoms with van der Waals surface area (Å²) in [6.07, 6.45) is 1.72. The van der Waals surface area contributed by atoms with Crippen molar-refractivity contribution in [2.75, 3.05) is 4.90 Å². The Morgan fingerprint density at radius 3 is 2.41 bits per heavy atom. The van der Waals surface area contributed by atoms with Gasteiger partial charge in [0.2, 0.25) is 0 Å². The topological polar surface area (TPSA) is 33.2 Å². The lowest BCUT2D eigenvalue weighted by Crippen LogP contribution is -2.31. The number of anilines is 1. The number of nitrogens with zero attached hydrogens (tertiary/aromatic N) is 2. The Balaban J connectivity index is 1.79. The molecule has 1 heterocycles. The maximum absolute atomic E-state index is 13.4. The molecule has 0 atom stereocenters. The molecule has 0 spiro atoms. The van der Waals surface area contributed by atoms with Crippen LogP contribution in [0.25, 0.3) is 10.8 Å². The standard InChI is InChI=1S/C24H20N2O/c1-18-9-2-4-13-21(18)24(27)26(23-15-6-7-16-25-23)17-20-12-8-11-19-10-3-5-14-22(19)20/h2-16H,17H2,1H3. The molecule has 0 N–H and O–H groups in total. The van der Waals surface area contributed by atoms with Gasteiger partial charge in [-0.25, -0.2) is 4.98 Å². The maximum Gasteiger partial charge on any atom is 0.260 e. The van der Waals surface area contributed by atoms with Crippen LogP contribution < -0.4 is 4.90 Å². The second-order valence-electron chi connectivity index (χ2n) is 6.53. The smallest absolute Gasteiger partial charge is 0.260 e. The fraction of sp³-hybridized carbons (Fsp3) is 0.0833. The molecule has 3 nitrogen and oxygen atoms in total. The quantitative estimate of drug-likeness (QED) is 0.493. The summed E-state index contributed by atoms with van der Waals surface area (Å²) in [5.41, 5.74) is 2.76. The average molecular weight is 352 g/mol. The van der Waals surface area contributed by atoms with E-state index in [0.717, 1.165) is 16.5 Å². The van der Waals surface area contributed by atoms with Crippen LogP contribution in [0.15, 0.2) is 91.1 Å². The van der Waals surface area contributed by atoms with Crippen molar-refractivity contribution in [2.45, 2.75) is 13.5 Å². The molecule has 0 saturated heterocycles. The molecule has 27 heavy (non-hydrogen) atoms. The minimum Gasteiger partial charge on any atom is -0.288 e. The first-order valence-corrected chi connectivity index (χ1v) is 8.99. The number of benzene rings is 3. The third-order valence-corrected chi connectivity index (χ3v) is 4.75. The number of carbonyl (C=O) groups is 1. The molecule has 132 valence electrons. The number of aryl methyl sites for hydroxylation is 1. The molecular formula is C24H20N2O. The van der Waals surface area contributed by atoms with Crippen LogP contribution in [-0.4, -0.2) is 10.9 Å². The van der Waals surface area contributed by atoms with Crippen molar-refractivity contribution in [3.8, 4) is 0 Å². The minimum atomic E-state index is -0.0419. The molecule has 0 bridgehead atoms. The van der Waals surface area contributed by atoms with E-state index in [1.165, 1.54) is 5.39 Å². The lowest BCUT2D eigenvalue weighted by atomic mass is 10.0. The number of aromatic nitrogens is 1. The van der Waals surface area contributed by atoms with Gasteiger partial charge in [0.25, 0.3) is 5.91 Å². The number of pyridine rings is 1. The van der Waals surface area contributed by atoms with Crippen LogP contribution in [0.4, 0.5) is 5.82 Å². The first-order chi connectivity index (χ1) is 13.2. The summed E-state index contributed by atoms with van der Waals surface area (Å²) >= 11 is 0.